The Kier molecular flexibility index (Phi) is 2.96. The Morgan fingerprint density at radius 3 is 2.88 bits per heavy atom. The van der Waals surface area contributed by atoms with Crippen molar-refractivity contribution in [3.05, 3.63) is 17.5 Å². The zero-order chi connectivity index (χ0) is 11.7. The van der Waals surface area contributed by atoms with Crippen molar-refractivity contribution < 1.29 is 0 Å². The van der Waals surface area contributed by atoms with Gasteiger partial charge in [0.05, 0.1) is 0 Å². The minimum absolute atomic E-state index is 0.371. The van der Waals surface area contributed by atoms with Crippen molar-refractivity contribution in [3.63, 3.8) is 0 Å². The quantitative estimate of drug-likeness (QED) is 0.769. The van der Waals surface area contributed by atoms with Gasteiger partial charge in [-0.15, -0.1) is 0 Å². The summed E-state index contributed by atoms with van der Waals surface area (Å²) in [5.41, 5.74) is 0. The van der Waals surface area contributed by atoms with E-state index in [1.807, 2.05) is 6.07 Å². The van der Waals surface area contributed by atoms with E-state index in [0.29, 0.717) is 17.0 Å². The molecule has 5 nitrogen and oxygen atoms in total. The molecule has 0 atom stereocenters. The Bertz CT molecular complexity index is 493. The van der Waals surface area contributed by atoms with Gasteiger partial charge in [-0.05, 0) is 20.8 Å². The molecule has 16 heavy (non-hydrogen) atoms. The van der Waals surface area contributed by atoms with Gasteiger partial charge in [0.2, 0.25) is 0 Å². The maximum absolute atomic E-state index is 5.97. The van der Waals surface area contributed by atoms with Crippen LogP contribution in [-0.4, -0.2) is 32.2 Å². The first kappa shape index (κ1) is 11.1. The lowest BCUT2D eigenvalue weighted by atomic mass is 10.3. The highest BCUT2D eigenvalue weighted by Gasteiger charge is 2.14. The molecule has 2 rings (SSSR count). The first-order valence-corrected chi connectivity index (χ1v) is 5.64. The molecule has 0 radical (unpaired) electrons. The average molecular weight is 240 g/mol. The first-order valence-electron chi connectivity index (χ1n) is 5.26. The molecule has 0 aliphatic carbocycles. The van der Waals surface area contributed by atoms with Gasteiger partial charge in [-0.25, -0.2) is 0 Å². The maximum Gasteiger partial charge on any atom is 0.255 e. The number of anilines is 1. The summed E-state index contributed by atoms with van der Waals surface area (Å²) in [5.74, 6) is 1.45. The van der Waals surface area contributed by atoms with Crippen molar-refractivity contribution in [3.8, 4) is 0 Å². The van der Waals surface area contributed by atoms with Gasteiger partial charge in [0.15, 0.2) is 0 Å². The van der Waals surface area contributed by atoms with Gasteiger partial charge in [0.1, 0.15) is 17.3 Å². The van der Waals surface area contributed by atoms with E-state index in [4.69, 9.17) is 11.6 Å². The summed E-state index contributed by atoms with van der Waals surface area (Å²) < 4.78 is 1.70. The molecule has 0 aliphatic rings. The Morgan fingerprint density at radius 2 is 2.25 bits per heavy atom. The molecule has 2 aromatic heterocycles. The molecule has 2 heterocycles. The van der Waals surface area contributed by atoms with Gasteiger partial charge in [-0.1, -0.05) is 11.6 Å². The molecular formula is C10H14ClN5. The van der Waals surface area contributed by atoms with Gasteiger partial charge in [-0.2, -0.15) is 19.6 Å². The molecule has 0 aromatic carbocycles. The highest BCUT2D eigenvalue weighted by molar-refractivity contribution is 6.29. The topological polar surface area (TPSA) is 46.3 Å². The van der Waals surface area contributed by atoms with Crippen LogP contribution in [-0.2, 0) is 0 Å². The molecule has 0 bridgehead atoms. The van der Waals surface area contributed by atoms with Crippen molar-refractivity contribution in [1.82, 2.24) is 19.6 Å². The van der Waals surface area contributed by atoms with E-state index >= 15 is 0 Å². The second-order valence-electron chi connectivity index (χ2n) is 3.79. The average Bonchev–Trinajstić information content (AvgIpc) is 2.65. The fourth-order valence-electron chi connectivity index (χ4n) is 1.77. The van der Waals surface area contributed by atoms with Crippen LogP contribution in [0.25, 0.3) is 5.78 Å². The van der Waals surface area contributed by atoms with Crippen LogP contribution < -0.4 is 4.90 Å². The molecular weight excluding hydrogens is 226 g/mol. The van der Waals surface area contributed by atoms with E-state index in [9.17, 15) is 0 Å². The second kappa shape index (κ2) is 4.25. The molecule has 0 aliphatic heterocycles. The van der Waals surface area contributed by atoms with E-state index in [1.54, 1.807) is 4.52 Å². The Morgan fingerprint density at radius 1 is 1.50 bits per heavy atom. The van der Waals surface area contributed by atoms with Crippen molar-refractivity contribution in [2.75, 3.05) is 11.4 Å². The van der Waals surface area contributed by atoms with Gasteiger partial charge in [0.25, 0.3) is 5.78 Å². The van der Waals surface area contributed by atoms with Crippen LogP contribution in [0.3, 0.4) is 0 Å². The number of rotatable bonds is 3. The zero-order valence-corrected chi connectivity index (χ0v) is 10.3. The molecule has 0 N–H and O–H groups in total. The SMILES string of the molecule is CCN(c1cc(Cl)nc2ncnn12)C(C)C. The molecule has 0 saturated heterocycles. The van der Waals surface area contributed by atoms with Crippen LogP contribution in [0.5, 0.6) is 0 Å². The summed E-state index contributed by atoms with van der Waals surface area (Å²) >= 11 is 5.97. The van der Waals surface area contributed by atoms with E-state index in [0.717, 1.165) is 12.4 Å². The minimum atomic E-state index is 0.371. The number of hydrogen-bond donors (Lipinski definition) is 0. The fraction of sp³-hybridized carbons (Fsp3) is 0.500. The molecule has 86 valence electrons. The van der Waals surface area contributed by atoms with Crippen molar-refractivity contribution >= 4 is 23.2 Å². The lowest BCUT2D eigenvalue weighted by Gasteiger charge is -2.27. The van der Waals surface area contributed by atoms with Crippen LogP contribution in [0.2, 0.25) is 5.15 Å². The lowest BCUT2D eigenvalue weighted by Crippen LogP contribution is -2.32. The standard InChI is InChI=1S/C10H14ClN5/c1-4-15(7(2)3)9-5-8(11)14-10-12-6-13-16(9)10/h5-7H,4H2,1-3H3. The normalized spacial score (nSPS) is 11.3. The molecule has 0 fully saturated rings. The largest absolute Gasteiger partial charge is 0.354 e. The lowest BCUT2D eigenvalue weighted by molar-refractivity contribution is 0.677. The summed E-state index contributed by atoms with van der Waals surface area (Å²) in [6.45, 7) is 7.23. The molecule has 0 spiro atoms. The van der Waals surface area contributed by atoms with Crippen LogP contribution in [0.4, 0.5) is 5.82 Å². The third-order valence-electron chi connectivity index (χ3n) is 2.46. The predicted octanol–water partition coefficient (Wildman–Crippen LogP) is 2.01. The van der Waals surface area contributed by atoms with Crippen molar-refractivity contribution in [2.24, 2.45) is 0 Å². The van der Waals surface area contributed by atoms with Crippen molar-refractivity contribution in [2.45, 2.75) is 26.8 Å². The smallest absolute Gasteiger partial charge is 0.255 e. The highest BCUT2D eigenvalue weighted by atomic mass is 35.5. The Hall–Kier alpha value is -1.36. The Labute approximate surface area is 99.1 Å². The molecule has 0 saturated carbocycles. The number of hydrogen-bond acceptors (Lipinski definition) is 4. The van der Waals surface area contributed by atoms with E-state index in [2.05, 4.69) is 40.7 Å². The third-order valence-corrected chi connectivity index (χ3v) is 2.65. The van der Waals surface area contributed by atoms with Gasteiger partial charge < -0.3 is 4.90 Å². The Balaban J connectivity index is 2.61. The van der Waals surface area contributed by atoms with Gasteiger partial charge in [-0.3, -0.25) is 0 Å². The van der Waals surface area contributed by atoms with Gasteiger partial charge in [0, 0.05) is 18.7 Å². The predicted molar refractivity (Wildman–Crippen MR) is 63.9 cm³/mol. The van der Waals surface area contributed by atoms with E-state index in [1.165, 1.54) is 6.33 Å². The fourth-order valence-corrected chi connectivity index (χ4v) is 1.94. The van der Waals surface area contributed by atoms with E-state index in [-0.39, 0.29) is 0 Å². The van der Waals surface area contributed by atoms with E-state index < -0.39 is 0 Å². The third kappa shape index (κ3) is 1.82. The number of aromatic nitrogens is 4. The van der Waals surface area contributed by atoms with Crippen LogP contribution in [0.1, 0.15) is 20.8 Å². The molecule has 0 amide bonds. The monoisotopic (exact) mass is 239 g/mol. The summed E-state index contributed by atoms with van der Waals surface area (Å²) in [7, 11) is 0. The molecule has 6 heteroatoms. The summed E-state index contributed by atoms with van der Waals surface area (Å²) in [5, 5.41) is 4.59. The number of fused-ring (bicyclic) bond motifs is 1. The summed E-state index contributed by atoms with van der Waals surface area (Å²) in [6.07, 6.45) is 1.48. The van der Waals surface area contributed by atoms with Crippen LogP contribution in [0.15, 0.2) is 12.4 Å². The minimum Gasteiger partial charge on any atom is -0.354 e. The maximum atomic E-state index is 5.97. The van der Waals surface area contributed by atoms with Crippen molar-refractivity contribution in [1.29, 1.82) is 0 Å². The second-order valence-corrected chi connectivity index (χ2v) is 4.18. The zero-order valence-electron chi connectivity index (χ0n) is 9.55. The summed E-state index contributed by atoms with van der Waals surface area (Å²) in [6, 6.07) is 2.18. The van der Waals surface area contributed by atoms with Crippen LogP contribution >= 0.6 is 11.6 Å². The molecule has 2 aromatic rings. The van der Waals surface area contributed by atoms with Crippen LogP contribution in [0, 0.1) is 0 Å². The first-order chi connectivity index (χ1) is 7.63. The molecule has 0 unspecified atom stereocenters. The number of halogens is 1. The van der Waals surface area contributed by atoms with Gasteiger partial charge >= 0.3 is 0 Å². The number of nitrogens with zero attached hydrogens (tertiary/aromatic N) is 5. The highest BCUT2D eigenvalue weighted by Crippen LogP contribution is 2.20. The summed E-state index contributed by atoms with van der Waals surface area (Å²) in [4.78, 5) is 10.3.